The normalized spacial score (nSPS) is 12.7. The van der Waals surface area contributed by atoms with Crippen LogP contribution in [0.4, 0.5) is 5.82 Å². The summed E-state index contributed by atoms with van der Waals surface area (Å²) >= 11 is 0. The number of nitrogens with one attached hydrogen (secondary N) is 2. The second-order valence-electron chi connectivity index (χ2n) is 5.91. The van der Waals surface area contributed by atoms with Crippen LogP contribution in [0, 0.1) is 0 Å². The Balaban J connectivity index is 1.96. The number of rotatable bonds is 3. The van der Waals surface area contributed by atoms with Crippen LogP contribution in [0.2, 0.25) is 0 Å². The molecule has 0 aromatic carbocycles. The van der Waals surface area contributed by atoms with E-state index < -0.39 is 10.0 Å². The molecule has 0 saturated carbocycles. The Bertz CT molecular complexity index is 919. The van der Waals surface area contributed by atoms with Gasteiger partial charge in [-0.1, -0.05) is 20.8 Å². The van der Waals surface area contributed by atoms with Crippen molar-refractivity contribution in [2.75, 3.05) is 4.72 Å². The molecule has 0 amide bonds. The summed E-state index contributed by atoms with van der Waals surface area (Å²) in [6.45, 7) is 6.02. The van der Waals surface area contributed by atoms with Gasteiger partial charge < -0.3 is 0 Å². The Hall–Kier alpha value is -2.42. The molecule has 0 aliphatic carbocycles. The zero-order valence-corrected chi connectivity index (χ0v) is 13.2. The van der Waals surface area contributed by atoms with E-state index in [0.29, 0.717) is 5.65 Å². The molecule has 0 aliphatic heterocycles. The number of nitrogens with zero attached hydrogens (tertiary/aromatic N) is 4. The molecule has 0 unspecified atom stereocenters. The number of imidazole rings is 1. The highest BCUT2D eigenvalue weighted by molar-refractivity contribution is 7.92. The molecule has 3 heterocycles. The maximum Gasteiger partial charge on any atom is 0.282 e. The SMILES string of the molecule is CC(C)(C)c1cc(NS(=O)(=O)c2cnc3cccnn23)n[nH]1. The first kappa shape index (κ1) is 14.5. The number of H-pyrrole nitrogens is 1. The molecule has 22 heavy (non-hydrogen) atoms. The van der Waals surface area contributed by atoms with Crippen molar-refractivity contribution in [2.24, 2.45) is 0 Å². The smallest absolute Gasteiger partial charge is 0.280 e. The molecule has 0 aliphatic rings. The van der Waals surface area contributed by atoms with E-state index in [9.17, 15) is 8.42 Å². The molecule has 0 saturated heterocycles. The van der Waals surface area contributed by atoms with E-state index in [2.05, 4.69) is 25.0 Å². The number of sulfonamides is 1. The molecule has 9 heteroatoms. The summed E-state index contributed by atoms with van der Waals surface area (Å²) in [5, 5.41) is 10.8. The van der Waals surface area contributed by atoms with Crippen molar-refractivity contribution in [3.8, 4) is 0 Å². The van der Waals surface area contributed by atoms with E-state index in [4.69, 9.17) is 0 Å². The molecule has 0 fully saturated rings. The summed E-state index contributed by atoms with van der Waals surface area (Å²) in [7, 11) is -3.82. The van der Waals surface area contributed by atoms with Crippen molar-refractivity contribution in [1.82, 2.24) is 24.8 Å². The van der Waals surface area contributed by atoms with E-state index >= 15 is 0 Å². The van der Waals surface area contributed by atoms with E-state index in [0.717, 1.165) is 5.69 Å². The Morgan fingerprint density at radius 1 is 1.32 bits per heavy atom. The zero-order chi connectivity index (χ0) is 16.0. The van der Waals surface area contributed by atoms with Gasteiger partial charge in [0.15, 0.2) is 16.5 Å². The number of aromatic nitrogens is 5. The quantitative estimate of drug-likeness (QED) is 0.762. The molecule has 0 bridgehead atoms. The van der Waals surface area contributed by atoms with Crippen LogP contribution in [0.3, 0.4) is 0 Å². The fourth-order valence-electron chi connectivity index (χ4n) is 1.94. The Morgan fingerprint density at radius 3 is 2.77 bits per heavy atom. The highest BCUT2D eigenvalue weighted by atomic mass is 32.2. The molecule has 116 valence electrons. The summed E-state index contributed by atoms with van der Waals surface area (Å²) in [5.41, 5.74) is 1.14. The molecule has 3 aromatic rings. The van der Waals surface area contributed by atoms with Gasteiger partial charge in [0.05, 0.1) is 6.20 Å². The molecular weight excluding hydrogens is 304 g/mol. The second kappa shape index (κ2) is 4.80. The number of anilines is 1. The summed E-state index contributed by atoms with van der Waals surface area (Å²) in [6, 6.07) is 5.04. The Kier molecular flexibility index (Phi) is 3.17. The van der Waals surface area contributed by atoms with Crippen LogP contribution >= 0.6 is 0 Å². The van der Waals surface area contributed by atoms with Crippen LogP contribution in [-0.4, -0.2) is 33.2 Å². The topological polar surface area (TPSA) is 105 Å². The molecule has 0 radical (unpaired) electrons. The minimum Gasteiger partial charge on any atom is -0.280 e. The van der Waals surface area contributed by atoms with Crippen molar-refractivity contribution in [3.05, 3.63) is 36.3 Å². The van der Waals surface area contributed by atoms with Gasteiger partial charge in [-0.2, -0.15) is 18.6 Å². The average molecular weight is 320 g/mol. The van der Waals surface area contributed by atoms with Gasteiger partial charge in [-0.05, 0) is 12.1 Å². The second-order valence-corrected chi connectivity index (χ2v) is 7.54. The minimum absolute atomic E-state index is 0.0385. The maximum atomic E-state index is 12.5. The van der Waals surface area contributed by atoms with Gasteiger partial charge in [0.25, 0.3) is 10.0 Å². The van der Waals surface area contributed by atoms with Crippen molar-refractivity contribution in [3.63, 3.8) is 0 Å². The van der Waals surface area contributed by atoms with E-state index in [-0.39, 0.29) is 16.3 Å². The van der Waals surface area contributed by atoms with E-state index in [1.807, 2.05) is 20.8 Å². The number of hydrogen-bond donors (Lipinski definition) is 2. The van der Waals surface area contributed by atoms with Crippen LogP contribution in [0.5, 0.6) is 0 Å². The van der Waals surface area contributed by atoms with Crippen LogP contribution in [-0.2, 0) is 15.4 Å². The molecule has 2 N–H and O–H groups in total. The lowest BCUT2D eigenvalue weighted by Crippen LogP contribution is -2.16. The zero-order valence-electron chi connectivity index (χ0n) is 12.4. The molecule has 0 atom stereocenters. The van der Waals surface area contributed by atoms with Crippen LogP contribution in [0.1, 0.15) is 26.5 Å². The highest BCUT2D eigenvalue weighted by Crippen LogP contribution is 2.23. The first-order valence-electron chi connectivity index (χ1n) is 6.65. The molecule has 8 nitrogen and oxygen atoms in total. The maximum absolute atomic E-state index is 12.5. The standard InChI is InChI=1S/C13H16N6O2S/c1-13(2,3)9-7-10(17-16-9)18-22(20,21)12-8-14-11-5-4-6-15-19(11)12/h4-8H,1-3H3,(H2,16,17,18). The van der Waals surface area contributed by atoms with Crippen LogP contribution in [0.15, 0.2) is 35.6 Å². The number of fused-ring (bicyclic) bond motifs is 1. The van der Waals surface area contributed by atoms with Crippen molar-refractivity contribution in [2.45, 2.75) is 31.2 Å². The summed E-state index contributed by atoms with van der Waals surface area (Å²) in [5.74, 6) is 0.232. The van der Waals surface area contributed by atoms with Gasteiger partial charge in [-0.15, -0.1) is 0 Å². The summed E-state index contributed by atoms with van der Waals surface area (Å²) in [4.78, 5) is 4.02. The lowest BCUT2D eigenvalue weighted by Gasteiger charge is -2.14. The number of hydrogen-bond acceptors (Lipinski definition) is 5. The lowest BCUT2D eigenvalue weighted by molar-refractivity contribution is 0.567. The van der Waals surface area contributed by atoms with E-state index in [1.54, 1.807) is 18.2 Å². The lowest BCUT2D eigenvalue weighted by atomic mass is 9.92. The number of aromatic amines is 1. The van der Waals surface area contributed by atoms with Gasteiger partial charge >= 0.3 is 0 Å². The monoisotopic (exact) mass is 320 g/mol. The minimum atomic E-state index is -3.82. The van der Waals surface area contributed by atoms with Gasteiger partial charge in [0, 0.05) is 23.4 Å². The summed E-state index contributed by atoms with van der Waals surface area (Å²) in [6.07, 6.45) is 2.77. The fourth-order valence-corrected chi connectivity index (χ4v) is 2.98. The van der Waals surface area contributed by atoms with Crippen molar-refractivity contribution < 1.29 is 8.42 Å². The van der Waals surface area contributed by atoms with Crippen molar-refractivity contribution in [1.29, 1.82) is 0 Å². The predicted molar refractivity (Wildman–Crippen MR) is 81.1 cm³/mol. The molecule has 3 aromatic heterocycles. The predicted octanol–water partition coefficient (Wildman–Crippen LogP) is 1.55. The van der Waals surface area contributed by atoms with Gasteiger partial charge in [-0.3, -0.25) is 9.82 Å². The van der Waals surface area contributed by atoms with Gasteiger partial charge in [-0.25, -0.2) is 9.50 Å². The first-order valence-corrected chi connectivity index (χ1v) is 8.13. The van der Waals surface area contributed by atoms with Gasteiger partial charge in [0.1, 0.15) is 0 Å². The summed E-state index contributed by atoms with van der Waals surface area (Å²) < 4.78 is 28.6. The molecule has 0 spiro atoms. The molecule has 3 rings (SSSR count). The van der Waals surface area contributed by atoms with Crippen molar-refractivity contribution >= 4 is 21.5 Å². The fraction of sp³-hybridized carbons (Fsp3) is 0.308. The third-order valence-electron chi connectivity index (χ3n) is 3.15. The van der Waals surface area contributed by atoms with Crippen LogP contribution in [0.25, 0.3) is 5.65 Å². The van der Waals surface area contributed by atoms with E-state index in [1.165, 1.54) is 16.9 Å². The Labute approximate surface area is 127 Å². The third kappa shape index (κ3) is 2.54. The van der Waals surface area contributed by atoms with Crippen LogP contribution < -0.4 is 4.72 Å². The first-order chi connectivity index (χ1) is 10.3. The Morgan fingerprint density at radius 2 is 2.09 bits per heavy atom. The molecular formula is C13H16N6O2S. The van der Waals surface area contributed by atoms with Gasteiger partial charge in [0.2, 0.25) is 0 Å². The average Bonchev–Trinajstić information content (AvgIpc) is 3.03. The largest absolute Gasteiger partial charge is 0.282 e. The highest BCUT2D eigenvalue weighted by Gasteiger charge is 2.23. The third-order valence-corrected chi connectivity index (χ3v) is 4.45.